The zero-order valence-electron chi connectivity index (χ0n) is 28.8. The summed E-state index contributed by atoms with van der Waals surface area (Å²) in [6.07, 6.45) is 6.61. The van der Waals surface area contributed by atoms with Crippen LogP contribution in [0.3, 0.4) is 0 Å². The molecule has 3 unspecified atom stereocenters. The summed E-state index contributed by atoms with van der Waals surface area (Å²) < 4.78 is 73.0. The molecule has 0 bridgehead atoms. The molecule has 10 heteroatoms. The first kappa shape index (κ1) is 33.8. The highest BCUT2D eigenvalue weighted by molar-refractivity contribution is 7.87. The van der Waals surface area contributed by atoms with Gasteiger partial charge < -0.3 is 0 Å². The normalized spacial score (nSPS) is 25.8. The molecule has 8 nitrogen and oxygen atoms in total. The van der Waals surface area contributed by atoms with Crippen LogP contribution in [0.5, 0.6) is 0 Å². The zero-order valence-corrected chi connectivity index (χ0v) is 30.4. The summed E-state index contributed by atoms with van der Waals surface area (Å²) in [6, 6.07) is 24.6. The lowest BCUT2D eigenvalue weighted by Crippen LogP contribution is -2.76. The molecular formula is C39H44N2O6S2+2. The van der Waals surface area contributed by atoms with Gasteiger partial charge in [-0.2, -0.15) is 21.4 Å². The highest BCUT2D eigenvalue weighted by Crippen LogP contribution is 2.63. The van der Waals surface area contributed by atoms with Gasteiger partial charge in [0, 0.05) is 42.7 Å². The number of fused-ring (bicyclic) bond motifs is 7. The summed E-state index contributed by atoms with van der Waals surface area (Å²) in [4.78, 5) is -1.45. The molecule has 3 atom stereocenters. The average Bonchev–Trinajstić information content (AvgIpc) is 3.39. The van der Waals surface area contributed by atoms with Gasteiger partial charge in [-0.05, 0) is 74.4 Å². The Hall–Kier alpha value is -3.67. The van der Waals surface area contributed by atoms with E-state index in [1.165, 1.54) is 6.92 Å². The smallest absolute Gasteiger partial charge is 0.285 e. The molecular weight excluding hydrogens is 657 g/mol. The molecule has 0 aromatic heterocycles. The summed E-state index contributed by atoms with van der Waals surface area (Å²) in [5.41, 5.74) is 4.88. The van der Waals surface area contributed by atoms with E-state index in [2.05, 4.69) is 74.7 Å². The van der Waals surface area contributed by atoms with Crippen molar-refractivity contribution >= 4 is 58.9 Å². The van der Waals surface area contributed by atoms with Crippen molar-refractivity contribution in [3.63, 3.8) is 0 Å². The summed E-state index contributed by atoms with van der Waals surface area (Å²) in [7, 11) is -8.67. The Morgan fingerprint density at radius 1 is 0.816 bits per heavy atom. The molecule has 3 heterocycles. The van der Waals surface area contributed by atoms with Crippen LogP contribution in [0.25, 0.3) is 21.5 Å². The third-order valence-corrected chi connectivity index (χ3v) is 14.7. The van der Waals surface area contributed by atoms with Crippen LogP contribution >= 0.6 is 0 Å². The number of allylic oxidation sites excluding steroid dienone is 4. The van der Waals surface area contributed by atoms with Gasteiger partial charge in [0.05, 0.1) is 29.0 Å². The van der Waals surface area contributed by atoms with Crippen molar-refractivity contribution in [1.29, 1.82) is 0 Å². The Morgan fingerprint density at radius 3 is 1.98 bits per heavy atom. The summed E-state index contributed by atoms with van der Waals surface area (Å²) in [5, 5.41) is 3.43. The van der Waals surface area contributed by atoms with Gasteiger partial charge in [-0.25, -0.2) is 4.48 Å². The number of rotatable bonds is 7. The van der Waals surface area contributed by atoms with Crippen LogP contribution in [0, 0.1) is 0 Å². The van der Waals surface area contributed by atoms with Crippen molar-refractivity contribution in [3.05, 3.63) is 108 Å². The Morgan fingerprint density at radius 2 is 1.41 bits per heavy atom. The predicted octanol–water partition coefficient (Wildman–Crippen LogP) is 7.78. The van der Waals surface area contributed by atoms with Crippen LogP contribution in [0.2, 0.25) is 0 Å². The highest BCUT2D eigenvalue weighted by Gasteiger charge is 2.73. The van der Waals surface area contributed by atoms with Gasteiger partial charge in [0.25, 0.3) is 10.1 Å². The Balaban J connectivity index is 1.42. The van der Waals surface area contributed by atoms with Crippen LogP contribution < -0.4 is 4.48 Å². The van der Waals surface area contributed by atoms with Crippen molar-refractivity contribution in [3.8, 4) is 0 Å². The number of hydrogen-bond acceptors (Lipinski definition) is 4. The number of hydrogen-bond donors (Lipinski definition) is 2. The van der Waals surface area contributed by atoms with Crippen molar-refractivity contribution in [2.45, 2.75) is 75.3 Å². The first-order valence-electron chi connectivity index (χ1n) is 16.8. The van der Waals surface area contributed by atoms with Gasteiger partial charge in [0.1, 0.15) is 11.4 Å². The summed E-state index contributed by atoms with van der Waals surface area (Å²) >= 11 is 0. The summed E-state index contributed by atoms with van der Waals surface area (Å²) in [6.45, 7) is 12.7. The third-order valence-electron chi connectivity index (χ3n) is 11.8. The van der Waals surface area contributed by atoms with Gasteiger partial charge in [-0.3, -0.25) is 9.11 Å². The number of benzene rings is 4. The lowest BCUT2D eigenvalue weighted by Gasteiger charge is -2.56. The molecule has 3 aliphatic rings. The van der Waals surface area contributed by atoms with Crippen molar-refractivity contribution in [1.82, 2.24) is 4.48 Å². The van der Waals surface area contributed by atoms with Gasteiger partial charge in [-0.15, -0.1) is 0 Å². The maximum absolute atomic E-state index is 13.2. The molecule has 0 radical (unpaired) electrons. The van der Waals surface area contributed by atoms with E-state index < -0.39 is 41.2 Å². The monoisotopic (exact) mass is 700 g/mol. The van der Waals surface area contributed by atoms with E-state index >= 15 is 0 Å². The lowest BCUT2D eigenvalue weighted by atomic mass is 9.78. The van der Waals surface area contributed by atoms with Gasteiger partial charge in [-0.1, -0.05) is 54.6 Å². The van der Waals surface area contributed by atoms with Crippen LogP contribution in [-0.2, 0) is 31.1 Å². The van der Waals surface area contributed by atoms with Crippen molar-refractivity contribution in [2.24, 2.45) is 0 Å². The molecule has 1 spiro atoms. The lowest BCUT2D eigenvalue weighted by molar-refractivity contribution is -0.438. The fraction of sp³-hybridized carbons (Fsp3) is 0.359. The average molecular weight is 701 g/mol. The second-order valence-corrected chi connectivity index (χ2v) is 18.8. The first-order chi connectivity index (χ1) is 22.9. The molecule has 2 N–H and O–H groups in total. The SMILES string of the molecule is CC(CC[N+]1=C(C=CC=C2C(C)(C)c3c(ccc4ccccc34)[N+]23CCC3(C)S(=O)(=O)O)C(C)(C)c2c1ccc1ccccc21)S(=O)(=O)O. The van der Waals surface area contributed by atoms with E-state index in [9.17, 15) is 25.9 Å². The largest absolute Gasteiger partial charge is 0.323 e. The van der Waals surface area contributed by atoms with Crippen LogP contribution in [0.15, 0.2) is 96.7 Å². The van der Waals surface area contributed by atoms with Crippen molar-refractivity contribution < 1.29 is 30.5 Å². The van der Waals surface area contributed by atoms with Crippen LogP contribution in [-0.4, -0.2) is 59.4 Å². The molecule has 0 aliphatic carbocycles. The second-order valence-electron chi connectivity index (χ2n) is 15.1. The van der Waals surface area contributed by atoms with Crippen molar-refractivity contribution in [2.75, 3.05) is 13.1 Å². The first-order valence-corrected chi connectivity index (χ1v) is 19.7. The van der Waals surface area contributed by atoms with E-state index in [4.69, 9.17) is 0 Å². The predicted molar refractivity (Wildman–Crippen MR) is 198 cm³/mol. The standard InChI is InChI=1S/C39H42N2O6S2/c1-26(48(42,43)44)22-24-40-31-20-18-27-12-7-9-14-29(27)35(31)37(2,3)33(40)16-11-17-34-38(4,5)36-30-15-10-8-13-28(30)19-21-32(36)41(34)25-23-39(41,6)49(45,46)47/h7-21,26H,22-25H2,1-6H3/p+2. The third kappa shape index (κ3) is 4.68. The Bertz CT molecular complexity index is 2390. The molecule has 4 aromatic rings. The minimum atomic E-state index is -4.46. The van der Waals surface area contributed by atoms with Crippen LogP contribution in [0.4, 0.5) is 11.4 Å². The summed E-state index contributed by atoms with van der Waals surface area (Å²) in [5.74, 6) is 0. The van der Waals surface area contributed by atoms with Gasteiger partial charge >= 0.3 is 10.1 Å². The van der Waals surface area contributed by atoms with Gasteiger partial charge in [0.15, 0.2) is 12.3 Å². The number of quaternary nitrogens is 1. The maximum Gasteiger partial charge on any atom is 0.323 e. The maximum atomic E-state index is 13.2. The van der Waals surface area contributed by atoms with E-state index in [-0.39, 0.29) is 10.9 Å². The molecule has 3 aliphatic heterocycles. The van der Waals surface area contributed by atoms with Gasteiger partial charge in [0.2, 0.25) is 10.6 Å². The molecule has 0 amide bonds. The molecule has 49 heavy (non-hydrogen) atoms. The zero-order chi connectivity index (χ0) is 35.4. The molecule has 7 rings (SSSR count). The minimum Gasteiger partial charge on any atom is -0.285 e. The Kier molecular flexibility index (Phi) is 7.53. The van der Waals surface area contributed by atoms with E-state index in [1.54, 1.807) is 6.92 Å². The van der Waals surface area contributed by atoms with Crippen LogP contribution in [0.1, 0.15) is 65.5 Å². The quantitative estimate of drug-likeness (QED) is 0.116. The molecule has 1 fully saturated rings. The van der Waals surface area contributed by atoms with E-state index in [1.807, 2.05) is 48.6 Å². The molecule has 0 saturated carbocycles. The minimum absolute atomic E-state index is 0.0303. The highest BCUT2D eigenvalue weighted by atomic mass is 32.2. The second kappa shape index (κ2) is 10.9. The number of nitrogens with zero attached hydrogens (tertiary/aromatic N) is 2. The topological polar surface area (TPSA) is 112 Å². The molecule has 1 saturated heterocycles. The fourth-order valence-electron chi connectivity index (χ4n) is 9.00. The van der Waals surface area contributed by atoms with E-state index in [0.29, 0.717) is 19.5 Å². The molecule has 256 valence electrons. The Labute approximate surface area is 289 Å². The fourth-order valence-corrected chi connectivity index (χ4v) is 10.4. The van der Waals surface area contributed by atoms with E-state index in [0.717, 1.165) is 55.5 Å². The molecule has 4 aromatic carbocycles.